The summed E-state index contributed by atoms with van der Waals surface area (Å²) >= 11 is 0. The van der Waals surface area contributed by atoms with Crippen LogP contribution < -0.4 is 5.32 Å². The molecule has 1 N–H and O–H groups in total. The van der Waals surface area contributed by atoms with E-state index in [-0.39, 0.29) is 11.9 Å². The van der Waals surface area contributed by atoms with Gasteiger partial charge in [-0.15, -0.1) is 0 Å². The lowest BCUT2D eigenvalue weighted by Crippen LogP contribution is -2.28. The van der Waals surface area contributed by atoms with Crippen molar-refractivity contribution in [3.8, 4) is 6.07 Å². The van der Waals surface area contributed by atoms with Gasteiger partial charge in [0, 0.05) is 11.9 Å². The number of aromatic nitrogens is 1. The van der Waals surface area contributed by atoms with Crippen LogP contribution in [-0.2, 0) is 6.42 Å². The molecule has 0 fully saturated rings. The summed E-state index contributed by atoms with van der Waals surface area (Å²) in [5.74, 6) is -0.110. The minimum Gasteiger partial charge on any atom is -0.345 e. The molecule has 0 spiro atoms. The van der Waals surface area contributed by atoms with E-state index in [1.54, 1.807) is 18.3 Å². The van der Waals surface area contributed by atoms with Crippen LogP contribution >= 0.6 is 0 Å². The van der Waals surface area contributed by atoms with Crippen LogP contribution in [0.25, 0.3) is 0 Å². The first-order valence-electron chi connectivity index (χ1n) is 6.94. The monoisotopic (exact) mass is 277 g/mol. The molecule has 0 aliphatic heterocycles. The zero-order valence-electron chi connectivity index (χ0n) is 11.8. The number of hydrogen-bond donors (Lipinski definition) is 1. The molecule has 2 aromatic rings. The Labute approximate surface area is 123 Å². The van der Waals surface area contributed by atoms with Crippen molar-refractivity contribution in [2.45, 2.75) is 25.8 Å². The topological polar surface area (TPSA) is 65.8 Å². The van der Waals surface area contributed by atoms with Gasteiger partial charge in [0.15, 0.2) is 0 Å². The first-order valence-corrected chi connectivity index (χ1v) is 6.94. The number of nitriles is 1. The van der Waals surface area contributed by atoms with E-state index in [1.165, 1.54) is 5.56 Å². The average molecular weight is 277 g/mol. The van der Waals surface area contributed by atoms with Gasteiger partial charge in [-0.1, -0.05) is 6.07 Å². The SMILES string of the molecule is Cc1ncccc1C(=O)N[C@@H]1CCc2ccc(C#N)cc21. The summed E-state index contributed by atoms with van der Waals surface area (Å²) in [5, 5.41) is 12.1. The van der Waals surface area contributed by atoms with Crippen LogP contribution in [0, 0.1) is 18.3 Å². The van der Waals surface area contributed by atoms with Crippen LogP contribution in [0.2, 0.25) is 0 Å². The maximum Gasteiger partial charge on any atom is 0.253 e. The van der Waals surface area contributed by atoms with E-state index in [0.717, 1.165) is 24.1 Å². The van der Waals surface area contributed by atoms with Crippen LogP contribution in [0.1, 0.15) is 45.2 Å². The van der Waals surface area contributed by atoms with Gasteiger partial charge >= 0.3 is 0 Å². The maximum atomic E-state index is 12.4. The molecule has 0 unspecified atom stereocenters. The first-order chi connectivity index (χ1) is 10.2. The number of amides is 1. The van der Waals surface area contributed by atoms with Crippen molar-refractivity contribution >= 4 is 5.91 Å². The van der Waals surface area contributed by atoms with Crippen molar-refractivity contribution in [1.29, 1.82) is 5.26 Å². The van der Waals surface area contributed by atoms with Gasteiger partial charge < -0.3 is 5.32 Å². The number of rotatable bonds is 2. The molecule has 4 heteroatoms. The Bertz CT molecular complexity index is 746. The van der Waals surface area contributed by atoms with Crippen molar-refractivity contribution in [3.05, 3.63) is 64.5 Å². The third-order valence-electron chi connectivity index (χ3n) is 3.91. The lowest BCUT2D eigenvalue weighted by molar-refractivity contribution is 0.0935. The summed E-state index contributed by atoms with van der Waals surface area (Å²) in [4.78, 5) is 16.5. The van der Waals surface area contributed by atoms with Crippen molar-refractivity contribution in [2.75, 3.05) is 0 Å². The smallest absolute Gasteiger partial charge is 0.253 e. The molecule has 0 radical (unpaired) electrons. The number of pyridine rings is 1. The predicted molar refractivity (Wildman–Crippen MR) is 78.7 cm³/mol. The molecule has 104 valence electrons. The van der Waals surface area contributed by atoms with Gasteiger partial charge in [-0.2, -0.15) is 5.26 Å². The van der Waals surface area contributed by atoms with E-state index in [9.17, 15) is 4.79 Å². The molecule has 0 saturated carbocycles. The predicted octanol–water partition coefficient (Wildman–Crippen LogP) is 2.68. The summed E-state index contributed by atoms with van der Waals surface area (Å²) < 4.78 is 0. The highest BCUT2D eigenvalue weighted by Gasteiger charge is 2.25. The van der Waals surface area contributed by atoms with Crippen molar-refractivity contribution in [1.82, 2.24) is 10.3 Å². The minimum atomic E-state index is -0.110. The van der Waals surface area contributed by atoms with E-state index < -0.39 is 0 Å². The molecule has 1 heterocycles. The van der Waals surface area contributed by atoms with Gasteiger partial charge in [0.2, 0.25) is 0 Å². The fraction of sp³-hybridized carbons (Fsp3) is 0.235. The molecule has 1 atom stereocenters. The molecular weight excluding hydrogens is 262 g/mol. The van der Waals surface area contributed by atoms with Gasteiger partial charge in [-0.25, -0.2) is 0 Å². The normalized spacial score (nSPS) is 16.1. The second-order valence-electron chi connectivity index (χ2n) is 5.23. The quantitative estimate of drug-likeness (QED) is 0.917. The molecule has 1 aromatic heterocycles. The second-order valence-corrected chi connectivity index (χ2v) is 5.23. The van der Waals surface area contributed by atoms with Crippen LogP contribution in [-0.4, -0.2) is 10.9 Å². The van der Waals surface area contributed by atoms with Crippen LogP contribution in [0.15, 0.2) is 36.5 Å². The fourth-order valence-corrected chi connectivity index (χ4v) is 2.78. The van der Waals surface area contributed by atoms with Gasteiger partial charge in [-0.3, -0.25) is 9.78 Å². The molecule has 0 saturated heterocycles. The first kappa shape index (κ1) is 13.3. The van der Waals surface area contributed by atoms with Crippen molar-refractivity contribution in [3.63, 3.8) is 0 Å². The highest BCUT2D eigenvalue weighted by atomic mass is 16.1. The summed E-state index contributed by atoms with van der Waals surface area (Å²) in [5.41, 5.74) is 4.22. The Balaban J connectivity index is 1.84. The molecule has 1 amide bonds. The van der Waals surface area contributed by atoms with E-state index in [1.807, 2.05) is 25.1 Å². The number of hydrogen-bond acceptors (Lipinski definition) is 3. The molecule has 21 heavy (non-hydrogen) atoms. The standard InChI is InChI=1S/C17H15N3O/c1-11-14(3-2-8-19-11)17(21)20-16-7-6-13-5-4-12(10-18)9-15(13)16/h2-5,8-9,16H,6-7H2,1H3,(H,20,21)/t16-/m1/s1. The molecule has 1 aliphatic carbocycles. The van der Waals surface area contributed by atoms with E-state index >= 15 is 0 Å². The Morgan fingerprint density at radius 3 is 3.05 bits per heavy atom. The van der Waals surface area contributed by atoms with Gasteiger partial charge in [0.25, 0.3) is 5.91 Å². The highest BCUT2D eigenvalue weighted by Crippen LogP contribution is 2.32. The third kappa shape index (κ3) is 2.50. The molecule has 1 aliphatic rings. The van der Waals surface area contributed by atoms with E-state index in [0.29, 0.717) is 11.1 Å². The Kier molecular flexibility index (Phi) is 3.41. The van der Waals surface area contributed by atoms with E-state index in [2.05, 4.69) is 16.4 Å². The van der Waals surface area contributed by atoms with Gasteiger partial charge in [-0.05, 0) is 55.2 Å². The zero-order valence-corrected chi connectivity index (χ0v) is 11.8. The molecule has 3 rings (SSSR count). The number of aryl methyl sites for hydroxylation is 2. The number of carbonyl (C=O) groups is 1. The lowest BCUT2D eigenvalue weighted by atomic mass is 10.0. The highest BCUT2D eigenvalue weighted by molar-refractivity contribution is 5.95. The maximum absolute atomic E-state index is 12.4. The van der Waals surface area contributed by atoms with E-state index in [4.69, 9.17) is 5.26 Å². The summed E-state index contributed by atoms with van der Waals surface area (Å²) in [6.45, 7) is 1.82. The fourth-order valence-electron chi connectivity index (χ4n) is 2.78. The zero-order chi connectivity index (χ0) is 14.8. The van der Waals surface area contributed by atoms with Crippen LogP contribution in [0.3, 0.4) is 0 Å². The molecular formula is C17H15N3O. The third-order valence-corrected chi connectivity index (χ3v) is 3.91. The number of fused-ring (bicyclic) bond motifs is 1. The largest absolute Gasteiger partial charge is 0.345 e. The number of nitrogens with one attached hydrogen (secondary N) is 1. The molecule has 0 bridgehead atoms. The summed E-state index contributed by atoms with van der Waals surface area (Å²) in [6, 6.07) is 11.3. The Morgan fingerprint density at radius 1 is 1.43 bits per heavy atom. The average Bonchev–Trinajstić information content (AvgIpc) is 2.90. The van der Waals surface area contributed by atoms with Crippen LogP contribution in [0.4, 0.5) is 0 Å². The Morgan fingerprint density at radius 2 is 2.29 bits per heavy atom. The van der Waals surface area contributed by atoms with Crippen molar-refractivity contribution in [2.24, 2.45) is 0 Å². The number of nitrogens with zero attached hydrogens (tertiary/aromatic N) is 2. The summed E-state index contributed by atoms with van der Waals surface area (Å²) in [6.07, 6.45) is 3.48. The van der Waals surface area contributed by atoms with Gasteiger partial charge in [0.1, 0.15) is 0 Å². The Hall–Kier alpha value is -2.67. The number of carbonyl (C=O) groups excluding carboxylic acids is 1. The minimum absolute atomic E-state index is 0.0274. The lowest BCUT2D eigenvalue weighted by Gasteiger charge is -2.15. The summed E-state index contributed by atoms with van der Waals surface area (Å²) in [7, 11) is 0. The molecule has 1 aromatic carbocycles. The van der Waals surface area contributed by atoms with Gasteiger partial charge in [0.05, 0.1) is 23.2 Å². The van der Waals surface area contributed by atoms with Crippen molar-refractivity contribution < 1.29 is 4.79 Å². The number of benzene rings is 1. The second kappa shape index (κ2) is 5.37. The molecule has 4 nitrogen and oxygen atoms in total. The van der Waals surface area contributed by atoms with Crippen LogP contribution in [0.5, 0.6) is 0 Å².